The van der Waals surface area contributed by atoms with Crippen LogP contribution in [-0.4, -0.2) is 46.4 Å². The number of halogens is 1. The van der Waals surface area contributed by atoms with E-state index in [2.05, 4.69) is 34.3 Å². The van der Waals surface area contributed by atoms with Gasteiger partial charge < -0.3 is 5.32 Å². The maximum atomic E-state index is 12.4. The Morgan fingerprint density at radius 1 is 1.31 bits per heavy atom. The summed E-state index contributed by atoms with van der Waals surface area (Å²) in [7, 11) is 0. The number of hydrogen-bond acceptors (Lipinski definition) is 4. The Balaban J connectivity index is 2.00. The number of hydrogen-bond donors (Lipinski definition) is 2. The molecule has 0 spiro atoms. The first kappa shape index (κ1) is 20.8. The normalized spacial score (nSPS) is 12.4. The molecule has 1 amide bonds. The number of amides is 1. The second-order valence-corrected chi connectivity index (χ2v) is 7.51. The van der Waals surface area contributed by atoms with Crippen LogP contribution in [0.5, 0.6) is 0 Å². The zero-order valence-electron chi connectivity index (χ0n) is 15.8. The lowest BCUT2D eigenvalue weighted by Gasteiger charge is -2.30. The number of carbonyl (C=O) groups is 1. The number of H-pyrrole nitrogens is 1. The van der Waals surface area contributed by atoms with E-state index >= 15 is 0 Å². The molecule has 1 atom stereocenters. The molecule has 1 heterocycles. The zero-order chi connectivity index (χ0) is 19.1. The Morgan fingerprint density at radius 3 is 2.58 bits per heavy atom. The van der Waals surface area contributed by atoms with Crippen LogP contribution in [0.2, 0.25) is 5.02 Å². The Hall–Kier alpha value is -1.50. The number of aryl methyl sites for hydroxylation is 2. The Bertz CT molecular complexity index is 711. The predicted molar refractivity (Wildman–Crippen MR) is 109 cm³/mol. The topological polar surface area (TPSA) is 61.0 Å². The molecule has 1 unspecified atom stereocenters. The van der Waals surface area contributed by atoms with Gasteiger partial charge in [-0.25, -0.2) is 0 Å². The number of aromatic nitrogens is 2. The van der Waals surface area contributed by atoms with Crippen molar-refractivity contribution in [3.8, 4) is 0 Å². The van der Waals surface area contributed by atoms with Crippen LogP contribution in [0.25, 0.3) is 0 Å². The van der Waals surface area contributed by atoms with Gasteiger partial charge in [-0.3, -0.25) is 14.8 Å². The van der Waals surface area contributed by atoms with Crippen LogP contribution < -0.4 is 5.32 Å². The summed E-state index contributed by atoms with van der Waals surface area (Å²) in [6.07, 6.45) is 0. The molecule has 0 aliphatic heterocycles. The van der Waals surface area contributed by atoms with Crippen LogP contribution in [0, 0.1) is 13.8 Å². The molecule has 2 rings (SSSR count). The van der Waals surface area contributed by atoms with Crippen molar-refractivity contribution in [3.05, 3.63) is 46.2 Å². The average Bonchev–Trinajstić information content (AvgIpc) is 2.95. The van der Waals surface area contributed by atoms with Crippen molar-refractivity contribution in [2.45, 2.75) is 38.6 Å². The van der Waals surface area contributed by atoms with Gasteiger partial charge >= 0.3 is 0 Å². The molecule has 0 bridgehead atoms. The summed E-state index contributed by atoms with van der Waals surface area (Å²) in [5, 5.41) is 10.9. The monoisotopic (exact) mass is 394 g/mol. The minimum atomic E-state index is 0.0132. The van der Waals surface area contributed by atoms with Gasteiger partial charge in [-0.05, 0) is 38.6 Å². The molecule has 0 aliphatic rings. The smallest absolute Gasteiger partial charge is 0.230 e. The van der Waals surface area contributed by atoms with Gasteiger partial charge in [-0.1, -0.05) is 43.6 Å². The van der Waals surface area contributed by atoms with E-state index in [0.717, 1.165) is 40.0 Å². The number of thioether (sulfide) groups is 1. The van der Waals surface area contributed by atoms with Crippen LogP contribution in [0.4, 0.5) is 0 Å². The van der Waals surface area contributed by atoms with Gasteiger partial charge in [-0.2, -0.15) is 5.10 Å². The number of nitrogens with one attached hydrogen (secondary N) is 2. The molecule has 0 fully saturated rings. The minimum Gasteiger partial charge on any atom is -0.353 e. The van der Waals surface area contributed by atoms with Crippen molar-refractivity contribution in [2.75, 3.05) is 25.4 Å². The van der Waals surface area contributed by atoms with Crippen molar-refractivity contribution >= 4 is 29.3 Å². The van der Waals surface area contributed by atoms with Gasteiger partial charge in [0.2, 0.25) is 5.91 Å². The van der Waals surface area contributed by atoms with E-state index in [-0.39, 0.29) is 11.9 Å². The molecule has 0 saturated heterocycles. The van der Waals surface area contributed by atoms with Gasteiger partial charge in [-0.15, -0.1) is 11.8 Å². The second kappa shape index (κ2) is 10.00. The Kier molecular flexibility index (Phi) is 8.00. The Morgan fingerprint density at radius 2 is 2.00 bits per heavy atom. The summed E-state index contributed by atoms with van der Waals surface area (Å²) in [5.74, 6) is 0.383. The van der Waals surface area contributed by atoms with Crippen LogP contribution in [0.15, 0.2) is 29.2 Å². The Labute approximate surface area is 164 Å². The van der Waals surface area contributed by atoms with E-state index in [1.165, 1.54) is 11.8 Å². The van der Waals surface area contributed by atoms with Crippen LogP contribution in [0.3, 0.4) is 0 Å². The number of aromatic amines is 1. The third kappa shape index (κ3) is 5.25. The fourth-order valence-corrected chi connectivity index (χ4v) is 4.15. The van der Waals surface area contributed by atoms with Crippen LogP contribution in [-0.2, 0) is 4.79 Å². The second-order valence-electron chi connectivity index (χ2n) is 6.11. The molecule has 2 aromatic rings. The lowest BCUT2D eigenvalue weighted by Crippen LogP contribution is -2.38. The highest BCUT2D eigenvalue weighted by Gasteiger charge is 2.21. The predicted octanol–water partition coefficient (Wildman–Crippen LogP) is 3.97. The van der Waals surface area contributed by atoms with Crippen LogP contribution >= 0.6 is 23.4 Å². The molecule has 26 heavy (non-hydrogen) atoms. The summed E-state index contributed by atoms with van der Waals surface area (Å²) in [4.78, 5) is 15.7. The quantitative estimate of drug-likeness (QED) is 0.631. The number of likely N-dealkylation sites (N-methyl/N-ethyl adjacent to an activating group) is 1. The number of nitrogens with zero attached hydrogens (tertiary/aromatic N) is 2. The molecule has 1 aromatic carbocycles. The third-order valence-electron chi connectivity index (χ3n) is 4.42. The maximum Gasteiger partial charge on any atom is 0.230 e. The fraction of sp³-hybridized carbons (Fsp3) is 0.474. The highest BCUT2D eigenvalue weighted by Crippen LogP contribution is 2.27. The summed E-state index contributed by atoms with van der Waals surface area (Å²) < 4.78 is 0. The minimum absolute atomic E-state index is 0.0132. The van der Waals surface area contributed by atoms with Crippen molar-refractivity contribution in [2.24, 2.45) is 0 Å². The van der Waals surface area contributed by atoms with E-state index in [0.29, 0.717) is 12.3 Å². The molecule has 0 radical (unpaired) electrons. The van der Waals surface area contributed by atoms with Gasteiger partial charge in [0.15, 0.2) is 0 Å². The molecular formula is C19H27ClN4OS. The molecule has 5 nitrogen and oxygen atoms in total. The fourth-order valence-electron chi connectivity index (χ4n) is 3.00. The van der Waals surface area contributed by atoms with Gasteiger partial charge in [0.05, 0.1) is 22.4 Å². The summed E-state index contributed by atoms with van der Waals surface area (Å²) in [5.41, 5.74) is 2.97. The summed E-state index contributed by atoms with van der Waals surface area (Å²) in [6.45, 7) is 10.5. The SMILES string of the molecule is CCN(CC)C(CNC(=O)CSc1c(C)n[nH]c1C)c1ccccc1Cl. The van der Waals surface area contributed by atoms with E-state index in [9.17, 15) is 4.79 Å². The van der Waals surface area contributed by atoms with E-state index in [4.69, 9.17) is 11.6 Å². The average molecular weight is 395 g/mol. The molecule has 0 saturated carbocycles. The highest BCUT2D eigenvalue weighted by atomic mass is 35.5. The summed E-state index contributed by atoms with van der Waals surface area (Å²) >= 11 is 7.92. The van der Waals surface area contributed by atoms with Gasteiger partial charge in [0.25, 0.3) is 0 Å². The van der Waals surface area contributed by atoms with Crippen molar-refractivity contribution < 1.29 is 4.79 Å². The number of rotatable bonds is 9. The maximum absolute atomic E-state index is 12.4. The molecule has 1 aromatic heterocycles. The standard InChI is InChI=1S/C19H27ClN4OS/c1-5-24(6-2)17(15-9-7-8-10-16(15)20)11-21-18(25)12-26-19-13(3)22-23-14(19)4/h7-10,17H,5-6,11-12H2,1-4H3,(H,21,25)(H,22,23). The molecular weight excluding hydrogens is 368 g/mol. The van der Waals surface area contributed by atoms with Crippen molar-refractivity contribution in [1.29, 1.82) is 0 Å². The lowest BCUT2D eigenvalue weighted by atomic mass is 10.0. The first-order valence-corrected chi connectivity index (χ1v) is 10.2. The molecule has 142 valence electrons. The van der Waals surface area contributed by atoms with E-state index < -0.39 is 0 Å². The lowest BCUT2D eigenvalue weighted by molar-refractivity contribution is -0.118. The van der Waals surface area contributed by atoms with Crippen molar-refractivity contribution in [3.63, 3.8) is 0 Å². The molecule has 2 N–H and O–H groups in total. The number of benzene rings is 1. The first-order valence-electron chi connectivity index (χ1n) is 8.87. The number of carbonyl (C=O) groups excluding carboxylic acids is 1. The van der Waals surface area contributed by atoms with E-state index in [1.54, 1.807) is 0 Å². The summed E-state index contributed by atoms with van der Waals surface area (Å²) in [6, 6.07) is 7.90. The van der Waals surface area contributed by atoms with Crippen LogP contribution in [0.1, 0.15) is 36.8 Å². The zero-order valence-corrected chi connectivity index (χ0v) is 17.4. The third-order valence-corrected chi connectivity index (χ3v) is 6.06. The molecule has 7 heteroatoms. The highest BCUT2D eigenvalue weighted by molar-refractivity contribution is 8.00. The van der Waals surface area contributed by atoms with Gasteiger partial charge in [0.1, 0.15) is 0 Å². The first-order chi connectivity index (χ1) is 12.5. The van der Waals surface area contributed by atoms with Gasteiger partial charge in [0, 0.05) is 17.3 Å². The van der Waals surface area contributed by atoms with E-state index in [1.807, 2.05) is 38.1 Å². The largest absolute Gasteiger partial charge is 0.353 e. The molecule has 0 aliphatic carbocycles. The van der Waals surface area contributed by atoms with Crippen molar-refractivity contribution in [1.82, 2.24) is 20.4 Å².